The van der Waals surface area contributed by atoms with Crippen LogP contribution in [0.25, 0.3) is 0 Å². The van der Waals surface area contributed by atoms with Crippen LogP contribution < -0.4 is 5.32 Å². The Labute approximate surface area is 150 Å². The molecule has 0 saturated carbocycles. The summed E-state index contributed by atoms with van der Waals surface area (Å²) >= 11 is 0. The van der Waals surface area contributed by atoms with Crippen molar-refractivity contribution in [2.24, 2.45) is 5.92 Å². The van der Waals surface area contributed by atoms with Crippen molar-refractivity contribution in [2.75, 3.05) is 0 Å². The molecule has 0 aromatic heterocycles. The van der Waals surface area contributed by atoms with Gasteiger partial charge in [-0.25, -0.2) is 0 Å². The third-order valence-corrected chi connectivity index (χ3v) is 5.28. The van der Waals surface area contributed by atoms with E-state index in [1.165, 1.54) is 64.2 Å². The van der Waals surface area contributed by atoms with Crippen molar-refractivity contribution >= 4 is 5.97 Å². The van der Waals surface area contributed by atoms with Crippen molar-refractivity contribution in [2.45, 2.75) is 122 Å². The Bertz CT molecular complexity index is 347. The molecule has 3 nitrogen and oxygen atoms in total. The second-order valence-electron chi connectivity index (χ2n) is 9.28. The van der Waals surface area contributed by atoms with Crippen LogP contribution >= 0.6 is 0 Å². The molecule has 0 unspecified atom stereocenters. The van der Waals surface area contributed by atoms with Crippen LogP contribution in [0.4, 0.5) is 0 Å². The molecule has 0 aromatic carbocycles. The van der Waals surface area contributed by atoms with E-state index < -0.39 is 5.97 Å². The van der Waals surface area contributed by atoms with Crippen LogP contribution in [0.5, 0.6) is 0 Å². The minimum absolute atomic E-state index is 0.285. The van der Waals surface area contributed by atoms with Crippen molar-refractivity contribution in [3.8, 4) is 0 Å². The standard InChI is InChI=1S/C21H41NO2/c1-20(2)16-18(17-21(3,4)22-20)14-12-10-8-6-5-7-9-11-13-15-19(23)24/h18,22H,5-17H2,1-4H3,(H,23,24). The molecule has 0 aliphatic carbocycles. The molecule has 1 rings (SSSR count). The summed E-state index contributed by atoms with van der Waals surface area (Å²) in [6, 6.07) is 0. The number of rotatable bonds is 12. The average Bonchev–Trinajstić information content (AvgIpc) is 2.41. The SMILES string of the molecule is CC1(C)CC(CCCCCCCCCCCC(=O)O)CC(C)(C)N1. The van der Waals surface area contributed by atoms with Gasteiger partial charge in [-0.2, -0.15) is 0 Å². The maximum Gasteiger partial charge on any atom is 0.303 e. The Morgan fingerprint density at radius 1 is 0.833 bits per heavy atom. The third-order valence-electron chi connectivity index (χ3n) is 5.28. The second-order valence-corrected chi connectivity index (χ2v) is 9.28. The molecule has 0 atom stereocenters. The van der Waals surface area contributed by atoms with Crippen molar-refractivity contribution in [3.05, 3.63) is 0 Å². The first-order valence-corrected chi connectivity index (χ1v) is 10.2. The average molecular weight is 340 g/mol. The van der Waals surface area contributed by atoms with Crippen molar-refractivity contribution in [1.82, 2.24) is 5.32 Å². The quantitative estimate of drug-likeness (QED) is 0.434. The zero-order valence-electron chi connectivity index (χ0n) is 16.6. The number of nitrogens with one attached hydrogen (secondary N) is 1. The van der Waals surface area contributed by atoms with Gasteiger partial charge in [0.1, 0.15) is 0 Å². The van der Waals surface area contributed by atoms with Crippen molar-refractivity contribution in [3.63, 3.8) is 0 Å². The van der Waals surface area contributed by atoms with Gasteiger partial charge in [-0.15, -0.1) is 0 Å². The van der Waals surface area contributed by atoms with Crippen LogP contribution in [0.15, 0.2) is 0 Å². The second kappa shape index (κ2) is 10.4. The predicted octanol–water partition coefficient (Wildman–Crippen LogP) is 5.92. The fourth-order valence-corrected chi connectivity index (χ4v) is 4.68. The minimum atomic E-state index is -0.657. The van der Waals surface area contributed by atoms with E-state index in [4.69, 9.17) is 5.11 Å². The highest BCUT2D eigenvalue weighted by molar-refractivity contribution is 5.66. The largest absolute Gasteiger partial charge is 0.481 e. The topological polar surface area (TPSA) is 49.3 Å². The lowest BCUT2D eigenvalue weighted by Gasteiger charge is -2.46. The number of hydrogen-bond donors (Lipinski definition) is 2. The van der Waals surface area contributed by atoms with Crippen LogP contribution in [0, 0.1) is 5.92 Å². The van der Waals surface area contributed by atoms with Gasteiger partial charge in [0.2, 0.25) is 0 Å². The zero-order chi connectivity index (χ0) is 18.1. The monoisotopic (exact) mass is 339 g/mol. The molecule has 0 amide bonds. The van der Waals surface area contributed by atoms with Crippen LogP contribution in [-0.4, -0.2) is 22.2 Å². The number of aliphatic carboxylic acids is 1. The first-order chi connectivity index (χ1) is 11.2. The molecule has 142 valence electrons. The summed E-state index contributed by atoms with van der Waals surface area (Å²) in [7, 11) is 0. The van der Waals surface area contributed by atoms with E-state index in [2.05, 4.69) is 33.0 Å². The summed E-state index contributed by atoms with van der Waals surface area (Å²) in [6.45, 7) is 9.38. The number of unbranched alkanes of at least 4 members (excludes halogenated alkanes) is 8. The van der Waals surface area contributed by atoms with Gasteiger partial charge in [0, 0.05) is 17.5 Å². The third kappa shape index (κ3) is 10.3. The first-order valence-electron chi connectivity index (χ1n) is 10.2. The van der Waals surface area contributed by atoms with Gasteiger partial charge in [-0.05, 0) is 52.9 Å². The Hall–Kier alpha value is -0.570. The Morgan fingerprint density at radius 2 is 1.25 bits per heavy atom. The molecule has 0 spiro atoms. The van der Waals surface area contributed by atoms with E-state index in [-0.39, 0.29) is 11.1 Å². The van der Waals surface area contributed by atoms with E-state index in [1.807, 2.05) is 0 Å². The summed E-state index contributed by atoms with van der Waals surface area (Å²) in [4.78, 5) is 10.4. The van der Waals surface area contributed by atoms with Gasteiger partial charge >= 0.3 is 5.97 Å². The number of piperidine rings is 1. The molecule has 0 aromatic rings. The lowest BCUT2D eigenvalue weighted by Crippen LogP contribution is -2.57. The smallest absolute Gasteiger partial charge is 0.303 e. The van der Waals surface area contributed by atoms with E-state index in [1.54, 1.807) is 0 Å². The predicted molar refractivity (Wildman–Crippen MR) is 102 cm³/mol. The molecule has 0 radical (unpaired) electrons. The van der Waals surface area contributed by atoms with E-state index >= 15 is 0 Å². The van der Waals surface area contributed by atoms with E-state index in [0.29, 0.717) is 6.42 Å². The normalized spacial score (nSPS) is 20.2. The van der Waals surface area contributed by atoms with Gasteiger partial charge < -0.3 is 10.4 Å². The van der Waals surface area contributed by atoms with Gasteiger partial charge in [0.05, 0.1) is 0 Å². The first kappa shape index (κ1) is 21.5. The maximum atomic E-state index is 10.4. The van der Waals surface area contributed by atoms with Crippen molar-refractivity contribution < 1.29 is 9.90 Å². The highest BCUT2D eigenvalue weighted by Gasteiger charge is 2.36. The highest BCUT2D eigenvalue weighted by Crippen LogP contribution is 2.35. The summed E-state index contributed by atoms with van der Waals surface area (Å²) < 4.78 is 0. The molecule has 2 N–H and O–H groups in total. The molecule has 1 fully saturated rings. The minimum Gasteiger partial charge on any atom is -0.481 e. The van der Waals surface area contributed by atoms with Crippen LogP contribution in [-0.2, 0) is 4.79 Å². The van der Waals surface area contributed by atoms with Gasteiger partial charge in [0.25, 0.3) is 0 Å². The van der Waals surface area contributed by atoms with Crippen LogP contribution in [0.1, 0.15) is 111 Å². The lowest BCUT2D eigenvalue weighted by molar-refractivity contribution is -0.137. The molecule has 24 heavy (non-hydrogen) atoms. The fourth-order valence-electron chi connectivity index (χ4n) is 4.68. The number of carboxylic acid groups (broad SMARTS) is 1. The summed E-state index contributed by atoms with van der Waals surface area (Å²) in [5.41, 5.74) is 0.570. The Kier molecular flexibility index (Phi) is 9.33. The number of carbonyl (C=O) groups is 1. The van der Waals surface area contributed by atoms with Gasteiger partial charge in [-0.3, -0.25) is 4.79 Å². The number of hydrogen-bond acceptors (Lipinski definition) is 2. The van der Waals surface area contributed by atoms with E-state index in [0.717, 1.165) is 18.8 Å². The Morgan fingerprint density at radius 3 is 1.71 bits per heavy atom. The zero-order valence-corrected chi connectivity index (χ0v) is 16.6. The van der Waals surface area contributed by atoms with Crippen LogP contribution in [0.3, 0.4) is 0 Å². The molecule has 1 aliphatic heterocycles. The van der Waals surface area contributed by atoms with Gasteiger partial charge in [-0.1, -0.05) is 57.8 Å². The molecule has 0 bridgehead atoms. The van der Waals surface area contributed by atoms with Crippen molar-refractivity contribution in [1.29, 1.82) is 0 Å². The summed E-state index contributed by atoms with van der Waals surface area (Å²) in [5.74, 6) is 0.223. The maximum absolute atomic E-state index is 10.4. The molecule has 1 saturated heterocycles. The summed E-state index contributed by atoms with van der Waals surface area (Å²) in [6.07, 6.45) is 15.6. The molecular formula is C21H41NO2. The molecule has 1 aliphatic rings. The highest BCUT2D eigenvalue weighted by atomic mass is 16.4. The molecular weight excluding hydrogens is 298 g/mol. The van der Waals surface area contributed by atoms with Crippen LogP contribution in [0.2, 0.25) is 0 Å². The number of carboxylic acids is 1. The summed E-state index contributed by atoms with van der Waals surface area (Å²) in [5, 5.41) is 12.4. The Balaban J connectivity index is 1.96. The van der Waals surface area contributed by atoms with Gasteiger partial charge in [0.15, 0.2) is 0 Å². The fraction of sp³-hybridized carbons (Fsp3) is 0.952. The lowest BCUT2D eigenvalue weighted by atomic mass is 9.74. The van der Waals surface area contributed by atoms with E-state index in [9.17, 15) is 4.79 Å². The molecule has 1 heterocycles. The molecule has 3 heteroatoms.